The summed E-state index contributed by atoms with van der Waals surface area (Å²) in [6.07, 6.45) is 2.32. The van der Waals surface area contributed by atoms with Crippen LogP contribution in [0, 0.1) is 0 Å². The monoisotopic (exact) mass is 203 g/mol. The molecule has 0 aliphatic heterocycles. The largest absolute Gasteiger partial charge is 0.477 e. The Morgan fingerprint density at radius 1 is 1.47 bits per heavy atom. The van der Waals surface area contributed by atoms with E-state index in [4.69, 9.17) is 9.52 Å². The number of aromatic nitrogens is 1. The van der Waals surface area contributed by atoms with Crippen LogP contribution in [0.3, 0.4) is 0 Å². The minimum Gasteiger partial charge on any atom is -0.477 e. The van der Waals surface area contributed by atoms with Crippen molar-refractivity contribution in [3.63, 3.8) is 0 Å². The quantitative estimate of drug-likeness (QED) is 0.813. The molecule has 1 aliphatic carbocycles. The van der Waals surface area contributed by atoms with E-state index in [9.17, 15) is 4.79 Å². The van der Waals surface area contributed by atoms with Gasteiger partial charge in [0, 0.05) is 11.3 Å². The Kier molecular flexibility index (Phi) is 1.59. The Labute approximate surface area is 85.5 Å². The lowest BCUT2D eigenvalue weighted by atomic mass is 10.2. The number of carbonyl (C=O) groups is 1. The first-order chi connectivity index (χ1) is 7.24. The number of aromatic carboxylic acids is 1. The molecule has 0 radical (unpaired) electrons. The molecule has 0 unspecified atom stereocenters. The van der Waals surface area contributed by atoms with Crippen molar-refractivity contribution >= 4 is 17.1 Å². The van der Waals surface area contributed by atoms with Gasteiger partial charge in [0.05, 0.1) is 0 Å². The van der Waals surface area contributed by atoms with Crippen molar-refractivity contribution in [2.24, 2.45) is 0 Å². The van der Waals surface area contributed by atoms with Crippen molar-refractivity contribution in [2.75, 3.05) is 0 Å². The van der Waals surface area contributed by atoms with E-state index in [0.717, 1.165) is 24.0 Å². The van der Waals surface area contributed by atoms with Gasteiger partial charge in [-0.2, -0.15) is 0 Å². The van der Waals surface area contributed by atoms with Crippen molar-refractivity contribution in [1.29, 1.82) is 0 Å². The van der Waals surface area contributed by atoms with E-state index in [1.54, 1.807) is 6.07 Å². The maximum atomic E-state index is 10.7. The van der Waals surface area contributed by atoms with E-state index >= 15 is 0 Å². The first-order valence-electron chi connectivity index (χ1n) is 4.88. The van der Waals surface area contributed by atoms with Crippen LogP contribution in [0.4, 0.5) is 0 Å². The lowest BCUT2D eigenvalue weighted by Crippen LogP contribution is -1.98. The highest BCUT2D eigenvalue weighted by Gasteiger charge is 2.27. The van der Waals surface area contributed by atoms with Crippen LogP contribution in [0.2, 0.25) is 0 Å². The van der Waals surface area contributed by atoms with E-state index < -0.39 is 5.97 Å². The predicted octanol–water partition coefficient (Wildman–Crippen LogP) is 2.40. The highest BCUT2D eigenvalue weighted by molar-refractivity contribution is 5.88. The molecule has 0 aromatic carbocycles. The maximum Gasteiger partial charge on any atom is 0.354 e. The zero-order valence-electron chi connectivity index (χ0n) is 7.93. The molecule has 76 valence electrons. The van der Waals surface area contributed by atoms with Crippen molar-refractivity contribution in [3.05, 3.63) is 29.7 Å². The SMILES string of the molecule is O=C(O)c1ccc2cc(C3CC3)oc2n1. The Morgan fingerprint density at radius 3 is 2.93 bits per heavy atom. The van der Waals surface area contributed by atoms with Gasteiger partial charge in [-0.15, -0.1) is 0 Å². The molecule has 2 heterocycles. The molecule has 0 amide bonds. The van der Waals surface area contributed by atoms with E-state index in [-0.39, 0.29) is 5.69 Å². The Bertz CT molecular complexity index is 540. The van der Waals surface area contributed by atoms with Crippen molar-refractivity contribution in [1.82, 2.24) is 4.98 Å². The van der Waals surface area contributed by atoms with Gasteiger partial charge in [-0.05, 0) is 31.0 Å². The van der Waals surface area contributed by atoms with E-state index in [1.165, 1.54) is 6.07 Å². The molecule has 15 heavy (non-hydrogen) atoms. The second-order valence-electron chi connectivity index (χ2n) is 3.82. The number of pyridine rings is 1. The number of hydrogen-bond acceptors (Lipinski definition) is 3. The van der Waals surface area contributed by atoms with Gasteiger partial charge in [-0.1, -0.05) is 0 Å². The van der Waals surface area contributed by atoms with E-state index in [1.807, 2.05) is 6.07 Å². The summed E-state index contributed by atoms with van der Waals surface area (Å²) in [7, 11) is 0. The first kappa shape index (κ1) is 8.47. The van der Waals surface area contributed by atoms with E-state index in [0.29, 0.717) is 11.6 Å². The van der Waals surface area contributed by atoms with Gasteiger partial charge in [-0.25, -0.2) is 9.78 Å². The second kappa shape index (κ2) is 2.82. The summed E-state index contributed by atoms with van der Waals surface area (Å²) in [5.74, 6) is 0.425. The third-order valence-electron chi connectivity index (χ3n) is 2.60. The molecule has 0 spiro atoms. The number of hydrogen-bond donors (Lipinski definition) is 1. The molecule has 0 saturated heterocycles. The van der Waals surface area contributed by atoms with Crippen molar-refractivity contribution < 1.29 is 14.3 Å². The lowest BCUT2D eigenvalue weighted by Gasteiger charge is -1.91. The number of furan rings is 1. The highest BCUT2D eigenvalue weighted by Crippen LogP contribution is 2.41. The Morgan fingerprint density at radius 2 is 2.27 bits per heavy atom. The summed E-state index contributed by atoms with van der Waals surface area (Å²) < 4.78 is 5.51. The molecule has 2 aromatic rings. The van der Waals surface area contributed by atoms with Gasteiger partial charge in [0.25, 0.3) is 0 Å². The number of carboxylic acids is 1. The van der Waals surface area contributed by atoms with Crippen LogP contribution in [-0.2, 0) is 0 Å². The molecular formula is C11H9NO3. The minimum absolute atomic E-state index is 0.0270. The zero-order chi connectivity index (χ0) is 10.4. The molecule has 4 heteroatoms. The molecule has 2 aromatic heterocycles. The van der Waals surface area contributed by atoms with Gasteiger partial charge in [0.2, 0.25) is 5.71 Å². The number of carboxylic acid groups (broad SMARTS) is 1. The van der Waals surface area contributed by atoms with Crippen LogP contribution >= 0.6 is 0 Å². The van der Waals surface area contributed by atoms with Crippen LogP contribution in [-0.4, -0.2) is 16.1 Å². The smallest absolute Gasteiger partial charge is 0.354 e. The van der Waals surface area contributed by atoms with Gasteiger partial charge < -0.3 is 9.52 Å². The summed E-state index contributed by atoms with van der Waals surface area (Å²) in [5.41, 5.74) is 0.455. The van der Waals surface area contributed by atoms with Crippen LogP contribution in [0.1, 0.15) is 35.0 Å². The molecular weight excluding hydrogens is 194 g/mol. The van der Waals surface area contributed by atoms with Crippen molar-refractivity contribution in [2.45, 2.75) is 18.8 Å². The summed E-state index contributed by atoms with van der Waals surface area (Å²) in [6.45, 7) is 0. The average molecular weight is 203 g/mol. The predicted molar refractivity (Wildman–Crippen MR) is 52.9 cm³/mol. The molecule has 0 atom stereocenters. The van der Waals surface area contributed by atoms with Crippen LogP contribution < -0.4 is 0 Å². The molecule has 1 fully saturated rings. The minimum atomic E-state index is -1.03. The van der Waals surface area contributed by atoms with Gasteiger partial charge in [-0.3, -0.25) is 0 Å². The number of rotatable bonds is 2. The molecule has 0 bridgehead atoms. The van der Waals surface area contributed by atoms with Gasteiger partial charge in [0.15, 0.2) is 5.69 Å². The van der Waals surface area contributed by atoms with Crippen LogP contribution in [0.25, 0.3) is 11.1 Å². The number of nitrogens with zero attached hydrogens (tertiary/aromatic N) is 1. The standard InChI is InChI=1S/C11H9NO3/c13-11(14)8-4-3-7-5-9(6-1-2-6)15-10(7)12-8/h3-6H,1-2H2,(H,13,14). The fourth-order valence-corrected chi connectivity index (χ4v) is 1.63. The second-order valence-corrected chi connectivity index (χ2v) is 3.82. The summed E-state index contributed by atoms with van der Waals surface area (Å²) in [5, 5.41) is 9.65. The lowest BCUT2D eigenvalue weighted by molar-refractivity contribution is 0.0690. The summed E-state index contributed by atoms with van der Waals surface area (Å²) >= 11 is 0. The average Bonchev–Trinajstić information content (AvgIpc) is 2.97. The Hall–Kier alpha value is -1.84. The third-order valence-corrected chi connectivity index (χ3v) is 2.60. The first-order valence-corrected chi connectivity index (χ1v) is 4.88. The maximum absolute atomic E-state index is 10.7. The van der Waals surface area contributed by atoms with Crippen LogP contribution in [0.15, 0.2) is 22.6 Å². The van der Waals surface area contributed by atoms with Crippen LogP contribution in [0.5, 0.6) is 0 Å². The molecule has 1 aliphatic rings. The van der Waals surface area contributed by atoms with Gasteiger partial charge in [0.1, 0.15) is 5.76 Å². The molecule has 3 rings (SSSR count). The molecule has 1 N–H and O–H groups in total. The molecule has 1 saturated carbocycles. The zero-order valence-corrected chi connectivity index (χ0v) is 7.93. The topological polar surface area (TPSA) is 63.3 Å². The summed E-state index contributed by atoms with van der Waals surface area (Å²) in [4.78, 5) is 14.6. The van der Waals surface area contributed by atoms with Crippen molar-refractivity contribution in [3.8, 4) is 0 Å². The fraction of sp³-hybridized carbons (Fsp3) is 0.273. The normalized spacial score (nSPS) is 15.7. The molecule has 4 nitrogen and oxygen atoms in total. The Balaban J connectivity index is 2.13. The third kappa shape index (κ3) is 1.38. The highest BCUT2D eigenvalue weighted by atomic mass is 16.4. The van der Waals surface area contributed by atoms with E-state index in [2.05, 4.69) is 4.98 Å². The number of fused-ring (bicyclic) bond motifs is 1. The van der Waals surface area contributed by atoms with Gasteiger partial charge >= 0.3 is 5.97 Å². The fourth-order valence-electron chi connectivity index (χ4n) is 1.63. The summed E-state index contributed by atoms with van der Waals surface area (Å²) in [6, 6.07) is 5.18.